The van der Waals surface area contributed by atoms with Gasteiger partial charge >= 0.3 is 23.9 Å². The zero-order valence-electron chi connectivity index (χ0n) is 69.3. The van der Waals surface area contributed by atoms with Crippen LogP contribution in [0.15, 0.2) is 218 Å². The average molecular weight is 1890 g/mol. The van der Waals surface area contributed by atoms with Crippen LogP contribution in [0.4, 0.5) is 0 Å². The van der Waals surface area contributed by atoms with Crippen LogP contribution in [0.1, 0.15) is 183 Å². The summed E-state index contributed by atoms with van der Waals surface area (Å²) >= 11 is 0. The summed E-state index contributed by atoms with van der Waals surface area (Å²) in [4.78, 5) is 80.5. The quantitative estimate of drug-likeness (QED) is 0.0290. The molecule has 3 aliphatic carbocycles. The molecule has 3 saturated carbocycles. The second kappa shape index (κ2) is 48.7. The summed E-state index contributed by atoms with van der Waals surface area (Å²) in [6.07, 6.45) is 10.8. The van der Waals surface area contributed by atoms with Gasteiger partial charge in [0.25, 0.3) is 11.8 Å². The van der Waals surface area contributed by atoms with E-state index in [2.05, 4.69) is 5.32 Å². The highest BCUT2D eigenvalue weighted by molar-refractivity contribution is 14.0. The average Bonchev–Trinajstić information content (AvgIpc) is 1.77. The Kier molecular flexibility index (Phi) is 38.2. The standard InChI is InChI=1S/C33H37NO6.C31H33NO6.C20H23NO4.C13H16O3.CH4.2HI/c1-3-38-33(36)28-20-27-25(18-19-29(37-2)31(27)39-22-23-12-6-4-7-13-23)21-34(28)32(35)30(24-14-8-5-9-15-24)40-26-16-10-11-17-26;1-36-27-17-16-23-19-32(30(33)28(22-12-6-3-7-13-22)38-24-14-8-9-15-24)26(31(34)35)18-25(23)29(27)37-20-21-10-4-2-5-11-21;1-3-24-20(22)17-11-16-15(12-21-17)9-10-18(23-2)19(16)25-13-14-7-5-4-6-8-14;14-13(15)12(10-6-2-1-3-7-10)16-11-8-4-5-9-11;;;/h4-9,12-15,18-19,26,28,30H,3,10-11,16-17,20-22H2,1-2H3;2-7,10-13,16-17,24,26,28H,8-9,14-15,18-20H2,1H3,(H,34,35);4-10,17,21H,3,11-13H2,1-2H3;1-3,6-7,11-12H,4-5,8-9H2,(H,14,15);1H4;2*1H/p-1/t28-,30-;26-,28-;17-;12-;;;/m0000.../s1. The maximum atomic E-state index is 14.3. The topological polar surface area (TPSA) is 263 Å². The van der Waals surface area contributed by atoms with E-state index in [4.69, 9.17) is 57.2 Å². The monoisotopic (exact) mass is 1890 g/mol. The minimum atomic E-state index is -1.06. The number of ether oxygens (including phenoxy) is 11. The van der Waals surface area contributed by atoms with Gasteiger partial charge in [-0.2, -0.15) is 0 Å². The van der Waals surface area contributed by atoms with Gasteiger partial charge in [-0.1, -0.05) is 246 Å². The second-order valence-corrected chi connectivity index (χ2v) is 30.2. The van der Waals surface area contributed by atoms with Crippen LogP contribution < -0.4 is 57.7 Å². The lowest BCUT2D eigenvalue weighted by molar-refractivity contribution is -0.163. The van der Waals surface area contributed by atoms with Crippen molar-refractivity contribution in [3.8, 4) is 34.5 Å². The van der Waals surface area contributed by atoms with E-state index in [9.17, 15) is 33.9 Å². The number of nitrogens with one attached hydrogen (secondary N) is 1. The van der Waals surface area contributed by atoms with Crippen molar-refractivity contribution in [3.63, 3.8) is 0 Å². The fraction of sp³-hybridized carbons (Fsp3) is 0.388. The number of carbonyl (C=O) groups excluding carboxylic acids is 4. The summed E-state index contributed by atoms with van der Waals surface area (Å²) in [6.45, 7) is 6.29. The Morgan fingerprint density at radius 2 is 0.713 bits per heavy atom. The van der Waals surface area contributed by atoms with E-state index in [1.807, 2.05) is 213 Å². The van der Waals surface area contributed by atoms with Crippen molar-refractivity contribution in [2.45, 2.75) is 212 Å². The number of carboxylic acid groups (broad SMARTS) is 2. The molecule has 0 aromatic heterocycles. The molecule has 9 aromatic rings. The van der Waals surface area contributed by atoms with Gasteiger partial charge in [-0.15, -0.1) is 24.0 Å². The molecule has 3 N–H and O–H groups in total. The number of hydrogen-bond acceptors (Lipinski definition) is 18. The van der Waals surface area contributed by atoms with E-state index >= 15 is 0 Å². The molecule has 6 aliphatic rings. The lowest BCUT2D eigenvalue weighted by atomic mass is 9.91. The summed E-state index contributed by atoms with van der Waals surface area (Å²) in [7, 11) is 4.79. The van der Waals surface area contributed by atoms with Crippen LogP contribution in [0.3, 0.4) is 0 Å². The molecule has 22 nitrogen and oxygen atoms in total. The predicted octanol–water partition coefficient (Wildman–Crippen LogP) is 15.0. The molecular formula is C98H114I2N3O19-. The number of esters is 2. The van der Waals surface area contributed by atoms with Crippen molar-refractivity contribution in [1.82, 2.24) is 15.1 Å². The predicted molar refractivity (Wildman–Crippen MR) is 470 cm³/mol. The number of rotatable bonds is 29. The van der Waals surface area contributed by atoms with Gasteiger partial charge in [0.15, 0.2) is 52.8 Å². The highest BCUT2D eigenvalue weighted by atomic mass is 127. The van der Waals surface area contributed by atoms with E-state index in [0.717, 1.165) is 144 Å². The molecule has 0 saturated heterocycles. The number of fused-ring (bicyclic) bond motifs is 3. The summed E-state index contributed by atoms with van der Waals surface area (Å²) in [5.74, 6) is 0.426. The van der Waals surface area contributed by atoms with Crippen molar-refractivity contribution in [2.24, 2.45) is 0 Å². The third kappa shape index (κ3) is 25.5. The van der Waals surface area contributed by atoms with Crippen LogP contribution in [0.25, 0.3) is 0 Å². The zero-order chi connectivity index (χ0) is 83.4. The minimum absolute atomic E-state index is 0. The van der Waals surface area contributed by atoms with Crippen LogP contribution in [0, 0.1) is 0 Å². The molecule has 15 rings (SSSR count). The lowest BCUT2D eigenvalue weighted by Gasteiger charge is -2.38. The number of aliphatic carboxylic acids is 2. The SMILES string of the molecule is C.CCOC(=O)[C@@H]1Cc2c(ccc(OC)c2OCc2ccccc2)CN1.CCOC(=O)[C@@H]1Cc2c(ccc(OC)c2OCc2ccccc2)CN1C(=O)[C@@H](OC1CCCC1)c1ccccc1.COc1ccc2c(c1OCc1ccccc1)C[C@@H](C(=O)O)N(C(=O)[C@@H](OC1CCCC1)c1ccccc1)C2.I.O=C(O)[C@@H](OC1CCCC1)c1ccccc1.[I-]. The number of carboxylic acids is 2. The summed E-state index contributed by atoms with van der Waals surface area (Å²) in [5, 5.41) is 22.6. The maximum absolute atomic E-state index is 14.3. The largest absolute Gasteiger partial charge is 1.00 e. The normalized spacial score (nSPS) is 17.1. The van der Waals surface area contributed by atoms with Crippen LogP contribution in [0.5, 0.6) is 34.5 Å². The Labute approximate surface area is 750 Å². The molecule has 122 heavy (non-hydrogen) atoms. The molecule has 0 unspecified atom stereocenters. The van der Waals surface area contributed by atoms with Gasteiger partial charge < -0.3 is 101 Å². The first-order chi connectivity index (χ1) is 58.1. The number of methoxy groups -OCH3 is 3. The summed E-state index contributed by atoms with van der Waals surface area (Å²) in [6, 6.07) is 66.9. The van der Waals surface area contributed by atoms with Gasteiger partial charge in [-0.3, -0.25) is 14.4 Å². The van der Waals surface area contributed by atoms with Gasteiger partial charge in [-0.05, 0) is 121 Å². The zero-order valence-corrected chi connectivity index (χ0v) is 73.7. The van der Waals surface area contributed by atoms with Gasteiger partial charge in [0.2, 0.25) is 0 Å². The first-order valence-electron chi connectivity index (χ1n) is 41.4. The van der Waals surface area contributed by atoms with Crippen LogP contribution in [0.2, 0.25) is 0 Å². The van der Waals surface area contributed by atoms with Crippen LogP contribution in [-0.4, -0.2) is 127 Å². The van der Waals surface area contributed by atoms with Gasteiger partial charge in [0.1, 0.15) is 37.9 Å². The molecule has 9 aromatic carbocycles. The third-order valence-electron chi connectivity index (χ3n) is 22.3. The number of halogens is 2. The minimum Gasteiger partial charge on any atom is -1.00 e. The van der Waals surface area contributed by atoms with E-state index in [0.29, 0.717) is 73.9 Å². The maximum Gasteiger partial charge on any atom is 0.337 e. The number of carbonyl (C=O) groups is 6. The smallest absolute Gasteiger partial charge is 0.337 e. The van der Waals surface area contributed by atoms with Gasteiger partial charge in [-0.25, -0.2) is 14.4 Å². The highest BCUT2D eigenvalue weighted by Crippen LogP contribution is 2.44. The summed E-state index contributed by atoms with van der Waals surface area (Å²) in [5.41, 5.74) is 10.8. The second-order valence-electron chi connectivity index (χ2n) is 30.2. The van der Waals surface area contributed by atoms with Crippen molar-refractivity contribution in [1.29, 1.82) is 0 Å². The molecule has 2 amide bonds. The van der Waals surface area contributed by atoms with E-state index < -0.39 is 48.3 Å². The molecule has 24 heteroatoms. The molecule has 0 radical (unpaired) electrons. The van der Waals surface area contributed by atoms with Crippen molar-refractivity contribution in [3.05, 3.63) is 285 Å². The summed E-state index contributed by atoms with van der Waals surface area (Å²) < 4.78 is 64.4. The van der Waals surface area contributed by atoms with E-state index in [1.165, 1.54) is 4.90 Å². The number of amides is 2. The molecule has 3 fully saturated rings. The first kappa shape index (κ1) is 95.7. The Balaban J connectivity index is 0.000000192. The molecule has 6 atom stereocenters. The fourth-order valence-electron chi connectivity index (χ4n) is 16.1. The number of hydrogen-bond donors (Lipinski definition) is 3. The van der Waals surface area contributed by atoms with Crippen LogP contribution in [-0.2, 0) is 111 Å². The van der Waals surface area contributed by atoms with Crippen molar-refractivity contribution < 1.29 is 115 Å². The molecule has 650 valence electrons. The Bertz CT molecular complexity index is 4770. The Morgan fingerprint density at radius 1 is 0.402 bits per heavy atom. The molecular weight excluding hydrogens is 1780 g/mol. The molecule has 0 bridgehead atoms. The Morgan fingerprint density at radius 3 is 1.06 bits per heavy atom. The molecule has 0 spiro atoms. The highest BCUT2D eigenvalue weighted by Gasteiger charge is 2.44. The lowest BCUT2D eigenvalue weighted by Crippen LogP contribution is -3.00. The number of nitrogens with zero attached hydrogens (tertiary/aromatic N) is 2. The molecule has 3 aliphatic heterocycles. The molecule has 3 heterocycles. The van der Waals surface area contributed by atoms with E-state index in [1.54, 1.807) is 45.3 Å². The van der Waals surface area contributed by atoms with Crippen molar-refractivity contribution in [2.75, 3.05) is 34.5 Å². The third-order valence-corrected chi connectivity index (χ3v) is 22.3. The van der Waals surface area contributed by atoms with Gasteiger partial charge in [0.05, 0.1) is 52.9 Å². The van der Waals surface area contributed by atoms with E-state index in [-0.39, 0.29) is 130 Å². The van der Waals surface area contributed by atoms with Crippen LogP contribution >= 0.6 is 24.0 Å². The fourth-order valence-corrected chi connectivity index (χ4v) is 16.1. The Hall–Kier alpha value is -10.1. The van der Waals surface area contributed by atoms with Crippen molar-refractivity contribution >= 4 is 59.7 Å². The number of benzene rings is 9. The first-order valence-corrected chi connectivity index (χ1v) is 41.4. The van der Waals surface area contributed by atoms with Gasteiger partial charge in [0, 0.05) is 55.6 Å².